The molecule has 0 bridgehead atoms. The highest BCUT2D eigenvalue weighted by Crippen LogP contribution is 2.25. The van der Waals surface area contributed by atoms with E-state index in [4.69, 9.17) is 5.73 Å². The van der Waals surface area contributed by atoms with E-state index < -0.39 is 0 Å². The molecule has 112 valence electrons. The molecule has 0 aromatic carbocycles. The van der Waals surface area contributed by atoms with Gasteiger partial charge in [-0.1, -0.05) is 18.9 Å². The Morgan fingerprint density at radius 2 is 2.05 bits per heavy atom. The summed E-state index contributed by atoms with van der Waals surface area (Å²) >= 11 is 3.15. The molecule has 2 aromatic heterocycles. The number of aromatic nitrogens is 1. The molecule has 2 aromatic rings. The predicted molar refractivity (Wildman–Crippen MR) is 90.2 cm³/mol. The molecular formula is C16H20N2OS2. The van der Waals surface area contributed by atoms with Crippen LogP contribution in [0.1, 0.15) is 40.9 Å². The average molecular weight is 320 g/mol. The van der Waals surface area contributed by atoms with Crippen molar-refractivity contribution < 1.29 is 4.79 Å². The number of hydrogen-bond acceptors (Lipinski definition) is 5. The Bertz CT molecular complexity index is 555. The van der Waals surface area contributed by atoms with E-state index in [2.05, 4.69) is 4.98 Å². The van der Waals surface area contributed by atoms with Gasteiger partial charge in [-0.15, -0.1) is 23.1 Å². The van der Waals surface area contributed by atoms with Crippen LogP contribution in [-0.2, 0) is 0 Å². The highest BCUT2D eigenvalue weighted by atomic mass is 32.2. The van der Waals surface area contributed by atoms with Crippen molar-refractivity contribution in [1.82, 2.24) is 4.98 Å². The van der Waals surface area contributed by atoms with Crippen molar-refractivity contribution >= 4 is 28.9 Å². The number of rotatable bonds is 9. The number of nitrogens with two attached hydrogens (primary N) is 1. The second kappa shape index (κ2) is 8.97. The van der Waals surface area contributed by atoms with Crippen LogP contribution in [0.4, 0.5) is 0 Å². The maximum Gasteiger partial charge on any atom is 0.205 e. The van der Waals surface area contributed by atoms with Gasteiger partial charge in [0.2, 0.25) is 5.78 Å². The number of thiophene rings is 1. The Morgan fingerprint density at radius 3 is 2.81 bits per heavy atom. The lowest BCUT2D eigenvalue weighted by molar-refractivity contribution is 0.103. The van der Waals surface area contributed by atoms with Crippen LogP contribution in [0.2, 0.25) is 0 Å². The number of carbonyl (C=O) groups excluding carboxylic acids is 1. The van der Waals surface area contributed by atoms with Gasteiger partial charge in [0.15, 0.2) is 0 Å². The van der Waals surface area contributed by atoms with E-state index in [1.807, 2.05) is 29.6 Å². The van der Waals surface area contributed by atoms with E-state index in [9.17, 15) is 4.79 Å². The number of hydrogen-bond donors (Lipinski definition) is 1. The molecule has 2 heterocycles. The van der Waals surface area contributed by atoms with Crippen LogP contribution in [0.25, 0.3) is 0 Å². The summed E-state index contributed by atoms with van der Waals surface area (Å²) < 4.78 is 0. The molecule has 0 saturated heterocycles. The lowest BCUT2D eigenvalue weighted by Gasteiger charge is -2.06. The van der Waals surface area contributed by atoms with Crippen LogP contribution in [0.5, 0.6) is 0 Å². The van der Waals surface area contributed by atoms with Gasteiger partial charge in [0.05, 0.1) is 10.4 Å². The van der Waals surface area contributed by atoms with E-state index in [0.29, 0.717) is 5.56 Å². The lowest BCUT2D eigenvalue weighted by atomic mass is 10.1. The van der Waals surface area contributed by atoms with E-state index in [-0.39, 0.29) is 5.78 Å². The summed E-state index contributed by atoms with van der Waals surface area (Å²) in [6.07, 6.45) is 6.34. The van der Waals surface area contributed by atoms with Gasteiger partial charge in [-0.05, 0) is 48.7 Å². The normalized spacial score (nSPS) is 10.7. The minimum atomic E-state index is 0.0729. The lowest BCUT2D eigenvalue weighted by Crippen LogP contribution is -2.02. The number of nitrogens with zero attached hydrogens (tertiary/aromatic N) is 1. The summed E-state index contributed by atoms with van der Waals surface area (Å²) in [6.45, 7) is 0.771. The maximum absolute atomic E-state index is 12.4. The molecule has 0 fully saturated rings. The largest absolute Gasteiger partial charge is 0.330 e. The van der Waals surface area contributed by atoms with Crippen molar-refractivity contribution in [3.8, 4) is 0 Å². The van der Waals surface area contributed by atoms with Crippen molar-refractivity contribution in [2.24, 2.45) is 5.73 Å². The molecule has 21 heavy (non-hydrogen) atoms. The first-order chi connectivity index (χ1) is 10.3. The number of pyridine rings is 1. The number of thioether (sulfide) groups is 1. The van der Waals surface area contributed by atoms with Gasteiger partial charge in [-0.2, -0.15) is 0 Å². The molecule has 0 unspecified atom stereocenters. The number of carbonyl (C=O) groups is 1. The molecule has 0 aliphatic carbocycles. The summed E-state index contributed by atoms with van der Waals surface area (Å²) in [4.78, 5) is 17.6. The molecule has 2 N–H and O–H groups in total. The Kier molecular flexibility index (Phi) is 6.92. The number of unbranched alkanes of at least 4 members (excludes halogenated alkanes) is 3. The minimum absolute atomic E-state index is 0.0729. The fraction of sp³-hybridized carbons (Fsp3) is 0.375. The van der Waals surface area contributed by atoms with Crippen LogP contribution >= 0.6 is 23.1 Å². The fourth-order valence-corrected chi connectivity index (χ4v) is 3.66. The molecule has 0 aliphatic heterocycles. The summed E-state index contributed by atoms with van der Waals surface area (Å²) in [6, 6.07) is 7.46. The molecule has 0 atom stereocenters. The first-order valence-corrected chi connectivity index (χ1v) is 9.05. The van der Waals surface area contributed by atoms with Gasteiger partial charge >= 0.3 is 0 Å². The molecule has 0 amide bonds. The van der Waals surface area contributed by atoms with Gasteiger partial charge in [-0.3, -0.25) is 4.79 Å². The van der Waals surface area contributed by atoms with E-state index >= 15 is 0 Å². The second-order valence-corrected chi connectivity index (χ2v) is 6.75. The topological polar surface area (TPSA) is 56.0 Å². The summed E-state index contributed by atoms with van der Waals surface area (Å²) in [5, 5.41) is 2.77. The Hall–Kier alpha value is -1.17. The summed E-state index contributed by atoms with van der Waals surface area (Å²) in [7, 11) is 0. The molecule has 0 spiro atoms. The Morgan fingerprint density at radius 1 is 1.19 bits per heavy atom. The van der Waals surface area contributed by atoms with Crippen LogP contribution in [0.15, 0.2) is 40.9 Å². The molecule has 0 saturated carbocycles. The predicted octanol–water partition coefficient (Wildman–Crippen LogP) is 3.99. The highest BCUT2D eigenvalue weighted by Gasteiger charge is 2.15. The zero-order valence-electron chi connectivity index (χ0n) is 12.0. The molecule has 5 heteroatoms. The minimum Gasteiger partial charge on any atom is -0.330 e. The van der Waals surface area contributed by atoms with Gasteiger partial charge in [0.1, 0.15) is 5.03 Å². The van der Waals surface area contributed by atoms with E-state index in [0.717, 1.165) is 35.0 Å². The fourth-order valence-electron chi connectivity index (χ4n) is 1.99. The third kappa shape index (κ3) is 4.95. The number of ketones is 1. The Balaban J connectivity index is 1.93. The molecule has 3 nitrogen and oxygen atoms in total. The SMILES string of the molecule is NCCCCCCSc1ncccc1C(=O)c1cccs1. The average Bonchev–Trinajstić information content (AvgIpc) is 3.05. The summed E-state index contributed by atoms with van der Waals surface area (Å²) in [5.41, 5.74) is 6.20. The zero-order chi connectivity index (χ0) is 14.9. The zero-order valence-corrected chi connectivity index (χ0v) is 13.6. The van der Waals surface area contributed by atoms with Gasteiger partial charge in [-0.25, -0.2) is 4.98 Å². The van der Waals surface area contributed by atoms with Crippen LogP contribution < -0.4 is 5.73 Å². The van der Waals surface area contributed by atoms with Crippen molar-refractivity contribution in [2.75, 3.05) is 12.3 Å². The highest BCUT2D eigenvalue weighted by molar-refractivity contribution is 7.99. The quantitative estimate of drug-likeness (QED) is 0.431. The van der Waals surface area contributed by atoms with E-state index in [1.54, 1.807) is 18.0 Å². The van der Waals surface area contributed by atoms with Gasteiger partial charge < -0.3 is 5.73 Å². The van der Waals surface area contributed by atoms with Gasteiger partial charge in [0.25, 0.3) is 0 Å². The second-order valence-electron chi connectivity index (χ2n) is 4.71. The Labute approximate surface area is 134 Å². The van der Waals surface area contributed by atoms with E-state index in [1.165, 1.54) is 24.2 Å². The third-order valence-electron chi connectivity index (χ3n) is 3.10. The summed E-state index contributed by atoms with van der Waals surface area (Å²) in [5.74, 6) is 1.07. The first kappa shape index (κ1) is 16.2. The van der Waals surface area contributed by atoms with Crippen LogP contribution in [0, 0.1) is 0 Å². The smallest absolute Gasteiger partial charge is 0.205 e. The van der Waals surface area contributed by atoms with Crippen molar-refractivity contribution in [3.63, 3.8) is 0 Å². The molecule has 0 aliphatic rings. The molecule has 0 radical (unpaired) electrons. The monoisotopic (exact) mass is 320 g/mol. The van der Waals surface area contributed by atoms with Crippen molar-refractivity contribution in [3.05, 3.63) is 46.3 Å². The van der Waals surface area contributed by atoms with Gasteiger partial charge in [0, 0.05) is 6.20 Å². The van der Waals surface area contributed by atoms with Crippen LogP contribution in [0.3, 0.4) is 0 Å². The van der Waals surface area contributed by atoms with Crippen molar-refractivity contribution in [2.45, 2.75) is 30.7 Å². The third-order valence-corrected chi connectivity index (χ3v) is 5.06. The standard InChI is InChI=1S/C16H20N2OS2/c17-9-3-1-2-4-11-21-16-13(7-5-10-18-16)15(19)14-8-6-12-20-14/h5-8,10,12H,1-4,9,11,17H2. The maximum atomic E-state index is 12.4. The molecular weight excluding hydrogens is 300 g/mol. The first-order valence-electron chi connectivity index (χ1n) is 7.19. The van der Waals surface area contributed by atoms with Crippen LogP contribution in [-0.4, -0.2) is 23.1 Å². The van der Waals surface area contributed by atoms with Crippen molar-refractivity contribution in [1.29, 1.82) is 0 Å². The molecule has 2 rings (SSSR count).